The standard InChI is InChI=1S/C41H46N2O3/c1-9-30(7)43(37-22-12-27(4)24-29(37)6)34-19-15-32(16-20-34)39-40(44)38(41(39)45)31-13-17-33(18-14-31)42(25-35(10-2)46-8)36-21-11-26(3)23-28(36)5/h11-24,30,35H,9-10,25H2,1-8H3. The van der Waals surface area contributed by atoms with E-state index in [4.69, 9.17) is 4.74 Å². The quantitative estimate of drug-likeness (QED) is 0.171. The smallest absolute Gasteiger partial charge is 0.208 e. The molecule has 238 valence electrons. The Morgan fingerprint density at radius 2 is 1.43 bits per heavy atom. The third-order valence-corrected chi connectivity index (χ3v) is 9.27. The zero-order valence-corrected chi connectivity index (χ0v) is 28.5. The van der Waals surface area contributed by atoms with Crippen LogP contribution < -0.4 is 10.0 Å². The van der Waals surface area contributed by atoms with Gasteiger partial charge in [0, 0.05) is 59.5 Å². The Labute approximate surface area is 274 Å². The molecule has 0 aliphatic heterocycles. The summed E-state index contributed by atoms with van der Waals surface area (Å²) in [5.41, 5.74) is 11.0. The number of Topliss-reactive ketones (excluding diaryl/α,β-unsaturated/α-hetero) is 1. The molecule has 46 heavy (non-hydrogen) atoms. The largest absolute Gasteiger partial charge is 0.871 e. The van der Waals surface area contributed by atoms with Gasteiger partial charge in [-0.15, -0.1) is 0 Å². The lowest BCUT2D eigenvalue weighted by Crippen LogP contribution is -2.31. The maximum Gasteiger partial charge on any atom is 0.208 e. The van der Waals surface area contributed by atoms with E-state index in [2.05, 4.69) is 94.3 Å². The molecule has 5 heteroatoms. The normalized spacial score (nSPS) is 15.7. The first kappa shape index (κ1) is 32.9. The van der Waals surface area contributed by atoms with Gasteiger partial charge in [-0.3, -0.25) is 4.79 Å². The molecule has 0 bridgehead atoms. The SMILES string of the molecule is CCC(C[N+](=C1C=CC(=C2C(=O)C(c3ccc(N(c4ccc(C)cc4C)C(C)CC)cc3)=C2[O-])C=C1)c1ccc(C)cc1C)OC. The fourth-order valence-corrected chi connectivity index (χ4v) is 6.43. The van der Waals surface area contributed by atoms with Gasteiger partial charge in [-0.2, -0.15) is 4.58 Å². The molecular formula is C41H46N2O3. The lowest BCUT2D eigenvalue weighted by atomic mass is 9.80. The molecule has 3 aromatic rings. The van der Waals surface area contributed by atoms with Crippen molar-refractivity contribution in [2.45, 2.75) is 73.5 Å². The van der Waals surface area contributed by atoms with E-state index < -0.39 is 0 Å². The maximum absolute atomic E-state index is 13.5. The lowest BCUT2D eigenvalue weighted by Gasteiger charge is -2.34. The molecule has 0 saturated carbocycles. The van der Waals surface area contributed by atoms with E-state index in [0.717, 1.165) is 29.9 Å². The highest BCUT2D eigenvalue weighted by atomic mass is 16.5. The zero-order chi connectivity index (χ0) is 33.1. The molecule has 2 unspecified atom stereocenters. The molecule has 0 spiro atoms. The average Bonchev–Trinajstić information content (AvgIpc) is 3.04. The second kappa shape index (κ2) is 13.9. The Balaban J connectivity index is 1.45. The lowest BCUT2D eigenvalue weighted by molar-refractivity contribution is -0.452. The van der Waals surface area contributed by atoms with Gasteiger partial charge in [0.2, 0.25) is 11.4 Å². The van der Waals surface area contributed by atoms with Crippen molar-refractivity contribution in [3.05, 3.63) is 130 Å². The molecule has 2 atom stereocenters. The Bertz CT molecular complexity index is 1780. The number of nitrogens with zero attached hydrogens (tertiary/aromatic N) is 2. The summed E-state index contributed by atoms with van der Waals surface area (Å²) in [6.07, 6.45) is 9.69. The number of methoxy groups -OCH3 is 1. The van der Waals surface area contributed by atoms with Crippen LogP contribution in [-0.4, -0.2) is 41.9 Å². The second-order valence-electron chi connectivity index (χ2n) is 12.6. The van der Waals surface area contributed by atoms with Gasteiger partial charge < -0.3 is 14.7 Å². The molecule has 0 fully saturated rings. The minimum atomic E-state index is -0.199. The van der Waals surface area contributed by atoms with E-state index in [-0.39, 0.29) is 34.8 Å². The minimum Gasteiger partial charge on any atom is -0.871 e. The molecule has 2 aliphatic carbocycles. The molecule has 0 saturated heterocycles. The summed E-state index contributed by atoms with van der Waals surface area (Å²) in [6.45, 7) is 15.7. The van der Waals surface area contributed by atoms with Crippen LogP contribution in [0.5, 0.6) is 0 Å². The van der Waals surface area contributed by atoms with Crippen molar-refractivity contribution in [1.29, 1.82) is 0 Å². The third kappa shape index (κ3) is 6.43. The van der Waals surface area contributed by atoms with Crippen LogP contribution in [0.2, 0.25) is 0 Å². The molecule has 5 nitrogen and oxygen atoms in total. The van der Waals surface area contributed by atoms with E-state index in [1.54, 1.807) is 7.11 Å². The number of carbonyl (C=O) groups excluding carboxylic acids is 1. The number of allylic oxidation sites excluding steroid dienone is 7. The van der Waals surface area contributed by atoms with Crippen LogP contribution in [0.1, 0.15) is 61.4 Å². The fraction of sp³-hybridized carbons (Fsp3) is 0.317. The summed E-state index contributed by atoms with van der Waals surface area (Å²) < 4.78 is 7.99. The molecule has 5 rings (SSSR count). The van der Waals surface area contributed by atoms with Gasteiger partial charge in [0.05, 0.1) is 0 Å². The Kier molecular flexibility index (Phi) is 9.93. The number of ketones is 1. The van der Waals surface area contributed by atoms with E-state index >= 15 is 0 Å². The third-order valence-electron chi connectivity index (χ3n) is 9.27. The zero-order valence-electron chi connectivity index (χ0n) is 28.5. The van der Waals surface area contributed by atoms with Crippen LogP contribution in [0.25, 0.3) is 5.57 Å². The van der Waals surface area contributed by atoms with Crippen molar-refractivity contribution in [3.63, 3.8) is 0 Å². The van der Waals surface area contributed by atoms with Gasteiger partial charge in [0.1, 0.15) is 6.10 Å². The first-order valence-corrected chi connectivity index (χ1v) is 16.4. The first-order chi connectivity index (χ1) is 22.1. The van der Waals surface area contributed by atoms with Crippen LogP contribution >= 0.6 is 0 Å². The molecule has 0 heterocycles. The van der Waals surface area contributed by atoms with Crippen molar-refractivity contribution in [3.8, 4) is 0 Å². The summed E-state index contributed by atoms with van der Waals surface area (Å²) in [6, 6.07) is 21.1. The van der Waals surface area contributed by atoms with Crippen LogP contribution in [0, 0.1) is 27.7 Å². The van der Waals surface area contributed by atoms with Crippen molar-refractivity contribution in [2.24, 2.45) is 0 Å². The minimum absolute atomic E-state index is 0.0614. The predicted octanol–water partition coefficient (Wildman–Crippen LogP) is 8.14. The Morgan fingerprint density at radius 1 is 0.804 bits per heavy atom. The first-order valence-electron chi connectivity index (χ1n) is 16.4. The monoisotopic (exact) mass is 614 g/mol. The van der Waals surface area contributed by atoms with Gasteiger partial charge in [-0.05, 0) is 101 Å². The Morgan fingerprint density at radius 3 is 1.98 bits per heavy atom. The summed E-state index contributed by atoms with van der Waals surface area (Å²) in [5.74, 6) is -0.398. The molecule has 0 radical (unpaired) electrons. The van der Waals surface area contributed by atoms with Crippen LogP contribution in [0.4, 0.5) is 17.1 Å². The maximum atomic E-state index is 13.5. The highest BCUT2D eigenvalue weighted by molar-refractivity contribution is 6.39. The van der Waals surface area contributed by atoms with E-state index in [9.17, 15) is 9.90 Å². The van der Waals surface area contributed by atoms with Gasteiger partial charge >= 0.3 is 0 Å². The van der Waals surface area contributed by atoms with Crippen molar-refractivity contribution < 1.29 is 19.2 Å². The number of rotatable bonds is 10. The number of anilines is 2. The Hall–Kier alpha value is -4.48. The van der Waals surface area contributed by atoms with Crippen molar-refractivity contribution >= 4 is 34.1 Å². The summed E-state index contributed by atoms with van der Waals surface area (Å²) in [5, 5.41) is 13.5. The van der Waals surface area contributed by atoms with Crippen molar-refractivity contribution in [2.75, 3.05) is 18.6 Å². The number of ether oxygens (including phenoxy) is 1. The number of hydrogen-bond donors (Lipinski definition) is 0. The summed E-state index contributed by atoms with van der Waals surface area (Å²) in [7, 11) is 1.75. The topological polar surface area (TPSA) is 55.6 Å². The molecule has 3 aromatic carbocycles. The van der Waals surface area contributed by atoms with Gasteiger partial charge in [-0.25, -0.2) is 0 Å². The van der Waals surface area contributed by atoms with Gasteiger partial charge in [0.15, 0.2) is 12.3 Å². The summed E-state index contributed by atoms with van der Waals surface area (Å²) in [4.78, 5) is 15.8. The van der Waals surface area contributed by atoms with Gasteiger partial charge in [0.25, 0.3) is 0 Å². The molecule has 2 aliphatic rings. The van der Waals surface area contributed by atoms with E-state index in [0.29, 0.717) is 17.7 Å². The molecule has 0 aromatic heterocycles. The number of benzene rings is 3. The average molecular weight is 615 g/mol. The number of aryl methyl sites for hydroxylation is 4. The van der Waals surface area contributed by atoms with Crippen LogP contribution in [-0.2, 0) is 9.53 Å². The van der Waals surface area contributed by atoms with Crippen molar-refractivity contribution in [1.82, 2.24) is 0 Å². The van der Waals surface area contributed by atoms with Crippen LogP contribution in [0.15, 0.2) is 102 Å². The molecule has 0 N–H and O–H groups in total. The number of carbonyl (C=O) groups is 1. The highest BCUT2D eigenvalue weighted by Crippen LogP contribution is 2.39. The van der Waals surface area contributed by atoms with Crippen LogP contribution in [0.3, 0.4) is 0 Å². The fourth-order valence-electron chi connectivity index (χ4n) is 6.43. The molecular weight excluding hydrogens is 568 g/mol. The number of hydrogen-bond acceptors (Lipinski definition) is 4. The molecule has 0 amide bonds. The predicted molar refractivity (Wildman–Crippen MR) is 188 cm³/mol. The second-order valence-corrected chi connectivity index (χ2v) is 12.6. The van der Waals surface area contributed by atoms with E-state index in [1.165, 1.54) is 27.9 Å². The van der Waals surface area contributed by atoms with Gasteiger partial charge in [-0.1, -0.05) is 61.1 Å². The highest BCUT2D eigenvalue weighted by Gasteiger charge is 2.31. The summed E-state index contributed by atoms with van der Waals surface area (Å²) >= 11 is 0. The van der Waals surface area contributed by atoms with E-state index in [1.807, 2.05) is 48.6 Å².